The lowest BCUT2D eigenvalue weighted by Gasteiger charge is -2.47. The highest BCUT2D eigenvalue weighted by molar-refractivity contribution is 6.03. The lowest BCUT2D eigenvalue weighted by Crippen LogP contribution is -2.61. The molecule has 0 aromatic heterocycles. The van der Waals surface area contributed by atoms with Crippen LogP contribution in [-0.2, 0) is 70.9 Å². The summed E-state index contributed by atoms with van der Waals surface area (Å²) in [6.07, 6.45) is -1.43. The summed E-state index contributed by atoms with van der Waals surface area (Å²) in [4.78, 5) is 27.6. The normalized spacial score (nSPS) is 22.0. The van der Waals surface area contributed by atoms with E-state index in [1.54, 1.807) is 0 Å². The van der Waals surface area contributed by atoms with Gasteiger partial charge in [0.05, 0.1) is 58.2 Å². The number of benzene rings is 6. The Morgan fingerprint density at radius 2 is 1.00 bits per heavy atom. The summed E-state index contributed by atoms with van der Waals surface area (Å²) in [6, 6.07) is 58.4. The highest BCUT2D eigenvalue weighted by Crippen LogP contribution is 2.45. The van der Waals surface area contributed by atoms with Crippen LogP contribution in [0.25, 0.3) is 0 Å². The van der Waals surface area contributed by atoms with Crippen molar-refractivity contribution in [1.29, 1.82) is 0 Å². The number of hydrogen-bond acceptors (Lipinski definition) is 8. The number of ether oxygens (including phenoxy) is 6. The first-order valence-corrected chi connectivity index (χ1v) is 21.8. The third-order valence-corrected chi connectivity index (χ3v) is 11.9. The van der Waals surface area contributed by atoms with E-state index in [9.17, 15) is 9.59 Å². The highest BCUT2D eigenvalue weighted by Gasteiger charge is 2.50. The molecule has 0 aliphatic carbocycles. The molecule has 7 atom stereocenters. The Hall–Kier alpha value is -5.94. The number of methoxy groups -OCH3 is 1. The van der Waals surface area contributed by atoms with E-state index in [0.717, 1.165) is 39.1 Å². The fraction of sp³-hybridized carbons (Fsp3) is 0.296. The average molecular weight is 846 g/mol. The van der Waals surface area contributed by atoms with Crippen LogP contribution in [0, 0.1) is 5.92 Å². The molecular weight excluding hydrogens is 791 g/mol. The minimum Gasteiger partial charge on any atom is -0.469 e. The van der Waals surface area contributed by atoms with E-state index in [0.29, 0.717) is 39.3 Å². The van der Waals surface area contributed by atoms with Crippen LogP contribution in [0.4, 0.5) is 5.69 Å². The van der Waals surface area contributed by atoms with Gasteiger partial charge in [-0.3, -0.25) is 9.59 Å². The van der Waals surface area contributed by atoms with E-state index < -0.39 is 30.5 Å². The molecule has 2 aliphatic heterocycles. The second kappa shape index (κ2) is 21.9. The van der Waals surface area contributed by atoms with E-state index >= 15 is 0 Å². The first kappa shape index (κ1) is 43.7. The molecule has 8 rings (SSSR count). The molecular formula is C54H55NO8. The molecule has 0 unspecified atom stereocenters. The van der Waals surface area contributed by atoms with Crippen LogP contribution in [0.2, 0.25) is 0 Å². The zero-order chi connectivity index (χ0) is 43.2. The van der Waals surface area contributed by atoms with Gasteiger partial charge in [-0.1, -0.05) is 164 Å². The number of nitrogens with zero attached hydrogens (tertiary/aromatic N) is 1. The highest BCUT2D eigenvalue weighted by atomic mass is 16.6. The number of carbonyl (C=O) groups is 2. The first-order chi connectivity index (χ1) is 31.0. The summed E-state index contributed by atoms with van der Waals surface area (Å²) in [5.41, 5.74) is 7.04. The maximum absolute atomic E-state index is 13.6. The summed E-state index contributed by atoms with van der Waals surface area (Å²) in [7, 11) is 1.38. The minimum atomic E-state index is -0.536. The van der Waals surface area contributed by atoms with Crippen LogP contribution in [0.3, 0.4) is 0 Å². The molecule has 0 N–H and O–H groups in total. The molecule has 0 radical (unpaired) electrons. The molecule has 2 saturated heterocycles. The number of β-lactam (4-membered cyclic amide) rings is 1. The van der Waals surface area contributed by atoms with Gasteiger partial charge in [0.2, 0.25) is 5.91 Å². The lowest BCUT2D eigenvalue weighted by molar-refractivity contribution is -0.272. The molecule has 2 aliphatic rings. The molecule has 6 aromatic carbocycles. The van der Waals surface area contributed by atoms with Gasteiger partial charge in [-0.2, -0.15) is 0 Å². The fourth-order valence-corrected chi connectivity index (χ4v) is 8.60. The Bertz CT molecular complexity index is 2300. The van der Waals surface area contributed by atoms with Crippen molar-refractivity contribution < 1.29 is 38.0 Å². The topological polar surface area (TPSA) is 92.8 Å². The van der Waals surface area contributed by atoms with Crippen molar-refractivity contribution >= 4 is 17.6 Å². The average Bonchev–Trinajstić information content (AvgIpc) is 3.33. The number of hydrogen-bond donors (Lipinski definition) is 0. The van der Waals surface area contributed by atoms with Gasteiger partial charge < -0.3 is 33.3 Å². The van der Waals surface area contributed by atoms with Crippen molar-refractivity contribution in [3.63, 3.8) is 0 Å². The molecule has 9 nitrogen and oxygen atoms in total. The van der Waals surface area contributed by atoms with Crippen LogP contribution >= 0.6 is 0 Å². The molecule has 2 heterocycles. The SMILES string of the molecule is COC(=O)CC[C@H]1C(=O)N(c2ccccc2)[C@@H]1c1ccc(C[C@@H]2O[C@H](COCc3ccccc3)[C@@H](OCc3ccccc3)[C@H](OCc3ccccc3)[C@H]2OCc2ccccc2)cc1. The summed E-state index contributed by atoms with van der Waals surface area (Å²) in [5, 5.41) is 0. The minimum absolute atomic E-state index is 0.000649. The number of esters is 1. The lowest BCUT2D eigenvalue weighted by atomic mass is 9.78. The summed E-state index contributed by atoms with van der Waals surface area (Å²) >= 11 is 0. The van der Waals surface area contributed by atoms with Gasteiger partial charge in [-0.15, -0.1) is 0 Å². The Kier molecular flexibility index (Phi) is 15.2. The molecule has 63 heavy (non-hydrogen) atoms. The van der Waals surface area contributed by atoms with E-state index in [1.807, 2.05) is 108 Å². The molecule has 0 spiro atoms. The fourth-order valence-electron chi connectivity index (χ4n) is 8.60. The standard InChI is InChI=1S/C54H55NO8/c1-58-49(56)32-31-46-50(55(54(46)57)45-25-15-6-16-26-45)44-29-27-39(28-30-44)33-47-51(60-35-41-19-9-3-10-20-41)53(62-37-43-23-13-5-14-24-43)52(61-36-42-21-11-4-12-22-42)48(63-47)38-59-34-40-17-7-2-8-18-40/h2-30,46-48,50-53H,31-38H2,1H3/t46-,47+,48-,50-,51+,52-,53-/m1/s1. The first-order valence-electron chi connectivity index (χ1n) is 21.8. The van der Waals surface area contributed by atoms with Crippen LogP contribution in [0.1, 0.15) is 52.3 Å². The largest absolute Gasteiger partial charge is 0.469 e. The van der Waals surface area contributed by atoms with E-state index in [2.05, 4.69) is 72.8 Å². The van der Waals surface area contributed by atoms with Crippen molar-refractivity contribution in [3.05, 3.63) is 209 Å². The second-order valence-electron chi connectivity index (χ2n) is 16.2. The third-order valence-electron chi connectivity index (χ3n) is 11.9. The Morgan fingerprint density at radius 3 is 1.51 bits per heavy atom. The van der Waals surface area contributed by atoms with Crippen LogP contribution in [-0.4, -0.2) is 56.1 Å². The predicted octanol–water partition coefficient (Wildman–Crippen LogP) is 9.63. The number of amides is 1. The van der Waals surface area contributed by atoms with Crippen LogP contribution < -0.4 is 4.90 Å². The smallest absolute Gasteiger partial charge is 0.305 e. The molecule has 1 amide bonds. The number of anilines is 1. The van der Waals surface area contributed by atoms with Crippen molar-refractivity contribution in [3.8, 4) is 0 Å². The van der Waals surface area contributed by atoms with Crippen LogP contribution in [0.5, 0.6) is 0 Å². The molecule has 9 heteroatoms. The Morgan fingerprint density at radius 1 is 0.540 bits per heavy atom. The summed E-state index contributed by atoms with van der Waals surface area (Å²) in [6.45, 7) is 1.77. The van der Waals surface area contributed by atoms with Gasteiger partial charge in [0, 0.05) is 18.5 Å². The maximum atomic E-state index is 13.6. The van der Waals surface area contributed by atoms with Gasteiger partial charge in [0.1, 0.15) is 24.4 Å². The van der Waals surface area contributed by atoms with E-state index in [4.69, 9.17) is 28.4 Å². The van der Waals surface area contributed by atoms with Crippen molar-refractivity contribution in [1.82, 2.24) is 0 Å². The van der Waals surface area contributed by atoms with Crippen molar-refractivity contribution in [2.24, 2.45) is 5.92 Å². The summed E-state index contributed by atoms with van der Waals surface area (Å²) < 4.78 is 39.3. The molecule has 2 fully saturated rings. The summed E-state index contributed by atoms with van der Waals surface area (Å²) in [5.74, 6) is -0.673. The number of para-hydroxylation sites is 1. The van der Waals surface area contributed by atoms with Crippen LogP contribution in [0.15, 0.2) is 176 Å². The van der Waals surface area contributed by atoms with Crippen molar-refractivity contribution in [2.45, 2.75) is 82.3 Å². The number of rotatable bonds is 20. The molecule has 0 bridgehead atoms. The quantitative estimate of drug-likeness (QED) is 0.0555. The molecule has 0 saturated carbocycles. The zero-order valence-electron chi connectivity index (χ0n) is 35.7. The maximum Gasteiger partial charge on any atom is 0.305 e. The predicted molar refractivity (Wildman–Crippen MR) is 241 cm³/mol. The zero-order valence-corrected chi connectivity index (χ0v) is 35.7. The van der Waals surface area contributed by atoms with Gasteiger partial charge in [0.25, 0.3) is 0 Å². The van der Waals surface area contributed by atoms with Gasteiger partial charge in [0.15, 0.2) is 0 Å². The monoisotopic (exact) mass is 845 g/mol. The Balaban J connectivity index is 1.10. The van der Waals surface area contributed by atoms with E-state index in [1.165, 1.54) is 7.11 Å². The Labute approximate surface area is 370 Å². The van der Waals surface area contributed by atoms with Gasteiger partial charge >= 0.3 is 5.97 Å². The molecule has 324 valence electrons. The van der Waals surface area contributed by atoms with Crippen molar-refractivity contribution in [2.75, 3.05) is 18.6 Å². The third kappa shape index (κ3) is 11.4. The second-order valence-corrected chi connectivity index (χ2v) is 16.2. The van der Waals surface area contributed by atoms with Gasteiger partial charge in [-0.25, -0.2) is 0 Å². The molecule has 6 aromatic rings. The van der Waals surface area contributed by atoms with Gasteiger partial charge in [-0.05, 0) is 51.9 Å². The van der Waals surface area contributed by atoms with E-state index in [-0.39, 0.29) is 36.9 Å². The number of carbonyl (C=O) groups excluding carboxylic acids is 2.